The quantitative estimate of drug-likeness (QED) is 0.595. The molecular formula is C10H11N3. The molecule has 66 valence electrons. The van der Waals surface area contributed by atoms with E-state index in [0.717, 1.165) is 30.9 Å². The Morgan fingerprint density at radius 2 is 1.85 bits per heavy atom. The topological polar surface area (TPSA) is 29.0 Å². The Morgan fingerprint density at radius 3 is 2.46 bits per heavy atom. The van der Waals surface area contributed by atoms with E-state index < -0.39 is 0 Å². The molecule has 1 aliphatic heterocycles. The van der Waals surface area contributed by atoms with Gasteiger partial charge in [-0.3, -0.25) is 0 Å². The number of hydrogen-bond donors (Lipinski definition) is 0. The SMILES string of the molecule is C=C1[C@H]2CN(c3ncccn3)C[C@@H]12. The van der Waals surface area contributed by atoms with Gasteiger partial charge in [0, 0.05) is 37.3 Å². The van der Waals surface area contributed by atoms with Crippen LogP contribution in [0.15, 0.2) is 30.6 Å². The molecule has 3 nitrogen and oxygen atoms in total. The molecule has 3 rings (SSSR count). The van der Waals surface area contributed by atoms with Crippen molar-refractivity contribution in [3.63, 3.8) is 0 Å². The normalized spacial score (nSPS) is 30.5. The van der Waals surface area contributed by atoms with Gasteiger partial charge in [-0.05, 0) is 6.07 Å². The minimum absolute atomic E-state index is 0.726. The van der Waals surface area contributed by atoms with Gasteiger partial charge in [-0.2, -0.15) is 0 Å². The molecule has 1 aliphatic carbocycles. The van der Waals surface area contributed by atoms with Crippen LogP contribution in [0.3, 0.4) is 0 Å². The second kappa shape index (κ2) is 2.31. The van der Waals surface area contributed by atoms with Crippen molar-refractivity contribution in [2.24, 2.45) is 11.8 Å². The van der Waals surface area contributed by atoms with Gasteiger partial charge in [0.25, 0.3) is 0 Å². The average molecular weight is 173 g/mol. The van der Waals surface area contributed by atoms with E-state index in [1.54, 1.807) is 12.4 Å². The highest BCUT2D eigenvalue weighted by atomic mass is 15.3. The minimum Gasteiger partial charge on any atom is -0.340 e. The largest absolute Gasteiger partial charge is 0.340 e. The van der Waals surface area contributed by atoms with Crippen molar-refractivity contribution in [2.75, 3.05) is 18.0 Å². The molecule has 2 heterocycles. The Morgan fingerprint density at radius 1 is 1.23 bits per heavy atom. The molecule has 1 aromatic rings. The third-order valence-corrected chi connectivity index (χ3v) is 3.00. The fourth-order valence-corrected chi connectivity index (χ4v) is 2.10. The Kier molecular flexibility index (Phi) is 1.26. The van der Waals surface area contributed by atoms with Crippen molar-refractivity contribution in [1.29, 1.82) is 0 Å². The number of fused-ring (bicyclic) bond motifs is 1. The lowest BCUT2D eigenvalue weighted by Crippen LogP contribution is -2.24. The third-order valence-electron chi connectivity index (χ3n) is 3.00. The maximum Gasteiger partial charge on any atom is 0.225 e. The smallest absolute Gasteiger partial charge is 0.225 e. The number of hydrogen-bond acceptors (Lipinski definition) is 3. The van der Waals surface area contributed by atoms with Crippen LogP contribution in [0.5, 0.6) is 0 Å². The lowest BCUT2D eigenvalue weighted by atomic mass is 10.4. The first-order valence-electron chi connectivity index (χ1n) is 4.57. The Bertz CT molecular complexity index is 332. The van der Waals surface area contributed by atoms with Crippen molar-refractivity contribution in [3.05, 3.63) is 30.6 Å². The number of piperidine rings is 1. The Labute approximate surface area is 77.1 Å². The molecule has 0 bridgehead atoms. The summed E-state index contributed by atoms with van der Waals surface area (Å²) >= 11 is 0. The van der Waals surface area contributed by atoms with E-state index in [-0.39, 0.29) is 0 Å². The number of anilines is 1. The Balaban J connectivity index is 1.80. The van der Waals surface area contributed by atoms with Gasteiger partial charge in [-0.1, -0.05) is 12.2 Å². The van der Waals surface area contributed by atoms with Crippen LogP contribution in [-0.4, -0.2) is 23.1 Å². The summed E-state index contributed by atoms with van der Waals surface area (Å²) in [6.45, 7) is 6.14. The van der Waals surface area contributed by atoms with Crippen molar-refractivity contribution in [2.45, 2.75) is 0 Å². The van der Waals surface area contributed by atoms with Crippen LogP contribution in [-0.2, 0) is 0 Å². The van der Waals surface area contributed by atoms with Gasteiger partial charge in [0.1, 0.15) is 0 Å². The third kappa shape index (κ3) is 0.963. The number of nitrogens with zero attached hydrogens (tertiary/aromatic N) is 3. The Hall–Kier alpha value is -1.38. The van der Waals surface area contributed by atoms with Crippen LogP contribution in [0.25, 0.3) is 0 Å². The summed E-state index contributed by atoms with van der Waals surface area (Å²) < 4.78 is 0. The van der Waals surface area contributed by atoms with E-state index in [4.69, 9.17) is 0 Å². The highest BCUT2D eigenvalue weighted by molar-refractivity contribution is 5.43. The molecule has 13 heavy (non-hydrogen) atoms. The summed E-state index contributed by atoms with van der Waals surface area (Å²) in [6.07, 6.45) is 3.59. The second-order valence-corrected chi connectivity index (χ2v) is 3.74. The molecule has 0 spiro atoms. The molecule has 0 unspecified atom stereocenters. The van der Waals surface area contributed by atoms with Crippen LogP contribution in [0, 0.1) is 11.8 Å². The van der Waals surface area contributed by atoms with Gasteiger partial charge >= 0.3 is 0 Å². The molecule has 1 saturated carbocycles. The highest BCUT2D eigenvalue weighted by Crippen LogP contribution is 2.50. The molecule has 2 atom stereocenters. The first kappa shape index (κ1) is 7.06. The molecule has 3 heteroatoms. The molecule has 1 aromatic heterocycles. The van der Waals surface area contributed by atoms with E-state index in [1.165, 1.54) is 5.57 Å². The van der Waals surface area contributed by atoms with Gasteiger partial charge < -0.3 is 4.90 Å². The van der Waals surface area contributed by atoms with Crippen molar-refractivity contribution >= 4 is 5.95 Å². The van der Waals surface area contributed by atoms with Crippen LogP contribution in [0.1, 0.15) is 0 Å². The first-order chi connectivity index (χ1) is 6.36. The van der Waals surface area contributed by atoms with E-state index in [9.17, 15) is 0 Å². The van der Waals surface area contributed by atoms with E-state index in [1.807, 2.05) is 6.07 Å². The summed E-state index contributed by atoms with van der Waals surface area (Å²) in [5.74, 6) is 2.31. The lowest BCUT2D eigenvalue weighted by Gasteiger charge is -2.16. The molecule has 0 aromatic carbocycles. The fourth-order valence-electron chi connectivity index (χ4n) is 2.10. The standard InChI is InChI=1S/C10H11N3/c1-7-8-5-13(6-9(7)8)10-11-3-2-4-12-10/h2-4,8-9H,1,5-6H2/t8-,9+. The van der Waals surface area contributed by atoms with E-state index >= 15 is 0 Å². The van der Waals surface area contributed by atoms with Crippen LogP contribution in [0.2, 0.25) is 0 Å². The van der Waals surface area contributed by atoms with E-state index in [2.05, 4.69) is 21.4 Å². The maximum absolute atomic E-state index is 4.23. The summed E-state index contributed by atoms with van der Waals surface area (Å²) in [5, 5.41) is 0. The molecule has 2 fully saturated rings. The zero-order valence-electron chi connectivity index (χ0n) is 7.35. The van der Waals surface area contributed by atoms with Gasteiger partial charge in [-0.25, -0.2) is 9.97 Å². The van der Waals surface area contributed by atoms with Crippen molar-refractivity contribution in [3.8, 4) is 0 Å². The van der Waals surface area contributed by atoms with E-state index in [0.29, 0.717) is 0 Å². The predicted octanol–water partition coefficient (Wildman–Crippen LogP) is 1.10. The molecule has 0 radical (unpaired) electrons. The number of rotatable bonds is 1. The van der Waals surface area contributed by atoms with Gasteiger partial charge in [-0.15, -0.1) is 0 Å². The first-order valence-corrected chi connectivity index (χ1v) is 4.57. The molecular weight excluding hydrogens is 162 g/mol. The summed E-state index contributed by atoms with van der Waals surface area (Å²) in [5.41, 5.74) is 1.42. The monoisotopic (exact) mass is 173 g/mol. The maximum atomic E-state index is 4.23. The molecule has 0 amide bonds. The number of aromatic nitrogens is 2. The summed E-state index contributed by atoms with van der Waals surface area (Å²) in [4.78, 5) is 10.7. The second-order valence-electron chi connectivity index (χ2n) is 3.74. The van der Waals surface area contributed by atoms with Gasteiger partial charge in [0.2, 0.25) is 5.95 Å². The van der Waals surface area contributed by atoms with Gasteiger partial charge in [0.15, 0.2) is 0 Å². The molecule has 2 aliphatic rings. The van der Waals surface area contributed by atoms with Crippen LogP contribution in [0.4, 0.5) is 5.95 Å². The summed E-state index contributed by atoms with van der Waals surface area (Å²) in [7, 11) is 0. The van der Waals surface area contributed by atoms with Crippen molar-refractivity contribution in [1.82, 2.24) is 9.97 Å². The molecule has 1 saturated heterocycles. The van der Waals surface area contributed by atoms with Gasteiger partial charge in [0.05, 0.1) is 0 Å². The lowest BCUT2D eigenvalue weighted by molar-refractivity contribution is 0.836. The zero-order valence-corrected chi connectivity index (χ0v) is 7.35. The summed E-state index contributed by atoms with van der Waals surface area (Å²) in [6, 6.07) is 1.85. The van der Waals surface area contributed by atoms with Crippen LogP contribution >= 0.6 is 0 Å². The van der Waals surface area contributed by atoms with Crippen molar-refractivity contribution < 1.29 is 0 Å². The minimum atomic E-state index is 0.726. The average Bonchev–Trinajstić information content (AvgIpc) is 2.67. The predicted molar refractivity (Wildman–Crippen MR) is 50.4 cm³/mol. The fraction of sp³-hybridized carbons (Fsp3) is 0.400. The highest BCUT2D eigenvalue weighted by Gasteiger charge is 2.49. The zero-order chi connectivity index (χ0) is 8.84. The molecule has 0 N–H and O–H groups in total. The van der Waals surface area contributed by atoms with Crippen LogP contribution < -0.4 is 4.90 Å².